The number of esters is 1. The average molecular weight is 445 g/mol. The van der Waals surface area contributed by atoms with E-state index in [-0.39, 0.29) is 24.7 Å². The summed E-state index contributed by atoms with van der Waals surface area (Å²) in [4.78, 5) is 27.9. The molecule has 0 unspecified atom stereocenters. The normalized spacial score (nSPS) is 10.8. The van der Waals surface area contributed by atoms with Crippen molar-refractivity contribution in [2.45, 2.75) is 26.8 Å². The van der Waals surface area contributed by atoms with Gasteiger partial charge < -0.3 is 14.9 Å². The van der Waals surface area contributed by atoms with Crippen molar-refractivity contribution >= 4 is 11.8 Å². The van der Waals surface area contributed by atoms with Gasteiger partial charge in [0.25, 0.3) is 0 Å². The number of aromatic nitrogens is 4. The lowest BCUT2D eigenvalue weighted by Gasteiger charge is -2.10. The van der Waals surface area contributed by atoms with Crippen LogP contribution >= 0.6 is 0 Å². The summed E-state index contributed by atoms with van der Waals surface area (Å²) >= 11 is 0. The van der Waals surface area contributed by atoms with E-state index < -0.39 is 10.9 Å². The quantitative estimate of drug-likeness (QED) is 0.227. The Balaban J connectivity index is 1.88. The highest BCUT2D eigenvalue weighted by Crippen LogP contribution is 2.31. The lowest BCUT2D eigenvalue weighted by Crippen LogP contribution is -2.12. The molecule has 0 aliphatic carbocycles. The molecular formula is C24H23N5O4. The highest BCUT2D eigenvalue weighted by Gasteiger charge is 2.27. The van der Waals surface area contributed by atoms with Gasteiger partial charge in [0, 0.05) is 24.5 Å². The van der Waals surface area contributed by atoms with E-state index >= 15 is 0 Å². The van der Waals surface area contributed by atoms with Crippen LogP contribution in [0.5, 0.6) is 0 Å². The number of hydrogen-bond donors (Lipinski definition) is 0. The summed E-state index contributed by atoms with van der Waals surface area (Å²) in [6.07, 6.45) is 1.57. The van der Waals surface area contributed by atoms with Gasteiger partial charge in [-0.15, -0.1) is 0 Å². The van der Waals surface area contributed by atoms with Gasteiger partial charge in [-0.2, -0.15) is 5.10 Å². The molecule has 168 valence electrons. The Bertz CT molecular complexity index is 1280. The van der Waals surface area contributed by atoms with E-state index in [1.165, 1.54) is 10.8 Å². The van der Waals surface area contributed by atoms with Gasteiger partial charge >= 0.3 is 11.8 Å². The van der Waals surface area contributed by atoms with Crippen molar-refractivity contribution in [2.75, 3.05) is 6.61 Å². The molecule has 4 aromatic rings. The smallest absolute Gasteiger partial charge is 0.359 e. The van der Waals surface area contributed by atoms with Crippen LogP contribution in [0.3, 0.4) is 0 Å². The summed E-state index contributed by atoms with van der Waals surface area (Å²) in [6.45, 7) is 3.92. The molecule has 0 fully saturated rings. The highest BCUT2D eigenvalue weighted by atomic mass is 16.6. The number of rotatable bonds is 8. The largest absolute Gasteiger partial charge is 0.461 e. The van der Waals surface area contributed by atoms with Gasteiger partial charge in [-0.1, -0.05) is 48.5 Å². The first-order valence-corrected chi connectivity index (χ1v) is 10.6. The van der Waals surface area contributed by atoms with Crippen molar-refractivity contribution in [1.29, 1.82) is 0 Å². The molecule has 0 saturated heterocycles. The SMILES string of the molecule is CCOC(=O)c1nn(-c2ccccc2)c(-c2ccccc2)c1CCn1c([N+](=O)[O-])cnc1C. The van der Waals surface area contributed by atoms with Crippen LogP contribution in [0.4, 0.5) is 5.82 Å². The fourth-order valence-electron chi connectivity index (χ4n) is 3.80. The number of imidazole rings is 1. The summed E-state index contributed by atoms with van der Waals surface area (Å²) in [7, 11) is 0. The third-order valence-corrected chi connectivity index (χ3v) is 5.31. The molecule has 0 aliphatic heterocycles. The van der Waals surface area contributed by atoms with Crippen LogP contribution in [0.2, 0.25) is 0 Å². The van der Waals surface area contributed by atoms with Gasteiger partial charge in [0.15, 0.2) is 11.5 Å². The molecule has 0 N–H and O–H groups in total. The first kappa shape index (κ1) is 21.9. The van der Waals surface area contributed by atoms with E-state index in [9.17, 15) is 14.9 Å². The topological polar surface area (TPSA) is 105 Å². The minimum absolute atomic E-state index is 0.0955. The molecule has 2 aromatic carbocycles. The maximum absolute atomic E-state index is 12.9. The first-order valence-electron chi connectivity index (χ1n) is 10.6. The summed E-state index contributed by atoms with van der Waals surface area (Å²) in [5.74, 6) is -0.103. The second-order valence-corrected chi connectivity index (χ2v) is 7.33. The maximum atomic E-state index is 12.9. The third kappa shape index (κ3) is 4.38. The van der Waals surface area contributed by atoms with Gasteiger partial charge in [0.1, 0.15) is 6.20 Å². The molecule has 0 saturated carbocycles. The zero-order chi connectivity index (χ0) is 23.4. The highest BCUT2D eigenvalue weighted by molar-refractivity contribution is 5.91. The van der Waals surface area contributed by atoms with Crippen LogP contribution in [-0.2, 0) is 17.7 Å². The first-order chi connectivity index (χ1) is 16.0. The van der Waals surface area contributed by atoms with E-state index in [0.29, 0.717) is 17.8 Å². The molecule has 0 bridgehead atoms. The lowest BCUT2D eigenvalue weighted by atomic mass is 10.0. The van der Waals surface area contributed by atoms with Crippen LogP contribution in [-0.4, -0.2) is 36.8 Å². The van der Waals surface area contributed by atoms with Gasteiger partial charge in [0.05, 0.1) is 24.5 Å². The van der Waals surface area contributed by atoms with E-state index in [1.807, 2.05) is 60.7 Å². The van der Waals surface area contributed by atoms with E-state index in [1.54, 1.807) is 18.5 Å². The standard InChI is InChI=1S/C24H23N5O4/c1-3-33-24(30)22-20(14-15-27-17(2)25-16-21(27)29(31)32)23(18-10-6-4-7-11-18)28(26-22)19-12-8-5-9-13-19/h4-13,16H,3,14-15H2,1-2H3. The molecule has 4 rings (SSSR count). The molecule has 2 heterocycles. The fraction of sp³-hybridized carbons (Fsp3) is 0.208. The van der Waals surface area contributed by atoms with Crippen molar-refractivity contribution in [3.63, 3.8) is 0 Å². The maximum Gasteiger partial charge on any atom is 0.359 e. The Labute approximate surface area is 190 Å². The monoisotopic (exact) mass is 445 g/mol. The summed E-state index contributed by atoms with van der Waals surface area (Å²) < 4.78 is 8.55. The van der Waals surface area contributed by atoms with Gasteiger partial charge in [-0.05, 0) is 24.0 Å². The summed E-state index contributed by atoms with van der Waals surface area (Å²) in [6, 6.07) is 19.1. The van der Waals surface area contributed by atoms with E-state index in [0.717, 1.165) is 16.9 Å². The van der Waals surface area contributed by atoms with Gasteiger partial charge in [-0.25, -0.2) is 19.0 Å². The third-order valence-electron chi connectivity index (χ3n) is 5.31. The van der Waals surface area contributed by atoms with Crippen molar-refractivity contribution in [2.24, 2.45) is 0 Å². The number of aryl methyl sites for hydroxylation is 1. The number of carbonyl (C=O) groups excluding carboxylic acids is 1. The minimum atomic E-state index is -0.531. The Kier molecular flexibility index (Phi) is 6.30. The predicted molar refractivity (Wildman–Crippen MR) is 122 cm³/mol. The number of nitro groups is 1. The molecule has 0 radical (unpaired) electrons. The zero-order valence-corrected chi connectivity index (χ0v) is 18.3. The zero-order valence-electron chi connectivity index (χ0n) is 18.3. The van der Waals surface area contributed by atoms with Crippen molar-refractivity contribution < 1.29 is 14.5 Å². The van der Waals surface area contributed by atoms with Crippen LogP contribution in [0.15, 0.2) is 66.9 Å². The molecule has 0 atom stereocenters. The van der Waals surface area contributed by atoms with E-state index in [2.05, 4.69) is 10.1 Å². The second kappa shape index (κ2) is 9.47. The van der Waals surface area contributed by atoms with Crippen LogP contribution in [0, 0.1) is 17.0 Å². The summed E-state index contributed by atoms with van der Waals surface area (Å²) in [5.41, 5.74) is 3.25. The summed E-state index contributed by atoms with van der Waals surface area (Å²) in [5, 5.41) is 16.1. The number of benzene rings is 2. The van der Waals surface area contributed by atoms with Crippen LogP contribution in [0.1, 0.15) is 28.8 Å². The second-order valence-electron chi connectivity index (χ2n) is 7.33. The molecule has 33 heavy (non-hydrogen) atoms. The lowest BCUT2D eigenvalue weighted by molar-refractivity contribution is -0.392. The van der Waals surface area contributed by atoms with Crippen molar-refractivity contribution in [3.05, 3.63) is 94.1 Å². The minimum Gasteiger partial charge on any atom is -0.461 e. The molecule has 0 spiro atoms. The average Bonchev–Trinajstić information content (AvgIpc) is 3.39. The van der Waals surface area contributed by atoms with E-state index in [4.69, 9.17) is 4.74 Å². The van der Waals surface area contributed by atoms with Crippen LogP contribution < -0.4 is 0 Å². The molecule has 0 aliphatic rings. The number of nitrogens with zero attached hydrogens (tertiary/aromatic N) is 5. The Morgan fingerprint density at radius 2 is 1.76 bits per heavy atom. The predicted octanol–water partition coefficient (Wildman–Crippen LogP) is 4.37. The Morgan fingerprint density at radius 3 is 2.39 bits per heavy atom. The molecule has 0 amide bonds. The Hall–Kier alpha value is -4.27. The number of para-hydroxylation sites is 1. The van der Waals surface area contributed by atoms with Crippen molar-refractivity contribution in [1.82, 2.24) is 19.3 Å². The van der Waals surface area contributed by atoms with Crippen LogP contribution in [0.25, 0.3) is 16.9 Å². The fourth-order valence-corrected chi connectivity index (χ4v) is 3.80. The number of hydrogen-bond acceptors (Lipinski definition) is 6. The molecule has 9 heteroatoms. The number of ether oxygens (including phenoxy) is 1. The number of carbonyl (C=O) groups is 1. The molecule has 2 aromatic heterocycles. The Morgan fingerprint density at radius 1 is 1.09 bits per heavy atom. The molecule has 9 nitrogen and oxygen atoms in total. The van der Waals surface area contributed by atoms with Gasteiger partial charge in [0.2, 0.25) is 0 Å². The van der Waals surface area contributed by atoms with Crippen molar-refractivity contribution in [3.8, 4) is 16.9 Å². The molecular weight excluding hydrogens is 422 g/mol. The van der Waals surface area contributed by atoms with Gasteiger partial charge in [-0.3, -0.25) is 0 Å².